The van der Waals surface area contributed by atoms with Crippen molar-refractivity contribution in [3.8, 4) is 28.5 Å². The van der Waals surface area contributed by atoms with E-state index in [4.69, 9.17) is 11.0 Å². The van der Waals surface area contributed by atoms with Crippen molar-refractivity contribution in [3.05, 3.63) is 59.8 Å². The fraction of sp³-hybridized carbons (Fsp3) is 0.250. The summed E-state index contributed by atoms with van der Waals surface area (Å²) in [4.78, 5) is 15.1. The number of anilines is 1. The van der Waals surface area contributed by atoms with Gasteiger partial charge in [-0.05, 0) is 31.0 Å². The van der Waals surface area contributed by atoms with E-state index in [2.05, 4.69) is 15.0 Å². The van der Waals surface area contributed by atoms with Crippen LogP contribution in [0.4, 0.5) is 19.1 Å². The predicted molar refractivity (Wildman–Crippen MR) is 121 cm³/mol. The second kappa shape index (κ2) is 8.43. The van der Waals surface area contributed by atoms with Gasteiger partial charge in [0.25, 0.3) is 0 Å². The molecule has 0 saturated carbocycles. The molecule has 1 aliphatic rings. The number of nitrogens with two attached hydrogens (primary N) is 1. The van der Waals surface area contributed by atoms with Crippen LogP contribution >= 0.6 is 0 Å². The Labute approximate surface area is 193 Å². The van der Waals surface area contributed by atoms with Crippen molar-refractivity contribution in [2.24, 2.45) is 12.8 Å². The van der Waals surface area contributed by atoms with Crippen molar-refractivity contribution in [3.63, 3.8) is 0 Å². The summed E-state index contributed by atoms with van der Waals surface area (Å²) in [6.45, 7) is 1.29. The molecule has 4 aromatic rings. The van der Waals surface area contributed by atoms with E-state index in [0.29, 0.717) is 24.6 Å². The van der Waals surface area contributed by atoms with Crippen molar-refractivity contribution < 1.29 is 13.2 Å². The van der Waals surface area contributed by atoms with E-state index in [1.54, 1.807) is 13.1 Å². The van der Waals surface area contributed by atoms with Crippen LogP contribution < -0.4 is 10.6 Å². The molecule has 3 heterocycles. The Morgan fingerprint density at radius 3 is 2.53 bits per heavy atom. The van der Waals surface area contributed by atoms with Crippen LogP contribution in [0.25, 0.3) is 33.4 Å². The van der Waals surface area contributed by atoms with Gasteiger partial charge in [0.1, 0.15) is 17.4 Å². The molecular weight excluding hydrogens is 443 g/mol. The first-order chi connectivity index (χ1) is 16.4. The highest BCUT2D eigenvalue weighted by molar-refractivity contribution is 5.88. The van der Waals surface area contributed by atoms with Crippen LogP contribution in [0.1, 0.15) is 18.4 Å². The van der Waals surface area contributed by atoms with E-state index in [1.807, 2.05) is 4.90 Å². The maximum absolute atomic E-state index is 15.3. The number of piperidine rings is 1. The van der Waals surface area contributed by atoms with Gasteiger partial charge in [0.2, 0.25) is 5.95 Å². The number of fused-ring (bicyclic) bond motifs is 1. The van der Waals surface area contributed by atoms with Crippen LogP contribution in [0.3, 0.4) is 0 Å². The van der Waals surface area contributed by atoms with Gasteiger partial charge in [-0.1, -0.05) is 6.07 Å². The number of nitriles is 1. The fourth-order valence-corrected chi connectivity index (χ4v) is 4.23. The van der Waals surface area contributed by atoms with Crippen LogP contribution in [-0.2, 0) is 7.05 Å². The van der Waals surface area contributed by atoms with Crippen LogP contribution in [0.2, 0.25) is 0 Å². The zero-order chi connectivity index (χ0) is 24.0. The maximum Gasteiger partial charge on any atom is 0.225 e. The lowest BCUT2D eigenvalue weighted by atomic mass is 9.98. The zero-order valence-electron chi connectivity index (χ0n) is 18.3. The number of aryl methyl sites for hydroxylation is 1. The zero-order valence-corrected chi connectivity index (χ0v) is 18.3. The fourth-order valence-electron chi connectivity index (χ4n) is 4.23. The Bertz CT molecular complexity index is 1450. The van der Waals surface area contributed by atoms with Crippen molar-refractivity contribution in [2.75, 3.05) is 18.0 Å². The van der Waals surface area contributed by atoms with Crippen molar-refractivity contribution in [2.45, 2.75) is 18.9 Å². The molecule has 0 aliphatic carbocycles. The Hall–Kier alpha value is -3.97. The number of benzene rings is 2. The quantitative estimate of drug-likeness (QED) is 0.495. The molecule has 2 aromatic carbocycles. The molecule has 7 nitrogen and oxygen atoms in total. The summed E-state index contributed by atoms with van der Waals surface area (Å²) in [5.74, 6) is -2.47. The lowest BCUT2D eigenvalue weighted by molar-refractivity contribution is 0.495. The molecule has 34 heavy (non-hydrogen) atoms. The summed E-state index contributed by atoms with van der Waals surface area (Å²) >= 11 is 0. The number of halogens is 3. The molecule has 5 rings (SSSR count). The third-order valence-corrected chi connectivity index (χ3v) is 6.14. The highest BCUT2D eigenvalue weighted by atomic mass is 19.2. The van der Waals surface area contributed by atoms with Crippen molar-refractivity contribution >= 4 is 17.0 Å². The monoisotopic (exact) mass is 463 g/mol. The number of nitrogens with zero attached hydrogens (tertiary/aromatic N) is 6. The molecule has 2 N–H and O–H groups in total. The Balaban J connectivity index is 1.71. The smallest absolute Gasteiger partial charge is 0.225 e. The summed E-state index contributed by atoms with van der Waals surface area (Å²) < 4.78 is 46.1. The standard InChI is InChI=1S/C24H20F3N7/c1-33-12-31-19-9-16(20(26)21(27)23(19)33)17-11-30-24(34-6-4-15(29)5-7-34)32-22(17)13-2-3-14(10-28)18(25)8-13/h2-3,8-9,11-12,15H,4-7,29H2,1H3. The number of rotatable bonds is 3. The Morgan fingerprint density at radius 1 is 1.06 bits per heavy atom. The van der Waals surface area contributed by atoms with Crippen LogP contribution in [-0.4, -0.2) is 38.7 Å². The summed E-state index contributed by atoms with van der Waals surface area (Å²) in [7, 11) is 1.57. The molecule has 0 bridgehead atoms. The largest absolute Gasteiger partial charge is 0.341 e. The second-order valence-electron chi connectivity index (χ2n) is 8.34. The highest BCUT2D eigenvalue weighted by Crippen LogP contribution is 2.36. The van der Waals surface area contributed by atoms with Gasteiger partial charge >= 0.3 is 0 Å². The molecule has 1 aliphatic heterocycles. The number of hydrogen-bond acceptors (Lipinski definition) is 6. The van der Waals surface area contributed by atoms with Gasteiger partial charge in [0.05, 0.1) is 23.1 Å². The molecule has 1 saturated heterocycles. The van der Waals surface area contributed by atoms with Gasteiger partial charge in [0.15, 0.2) is 11.6 Å². The normalized spacial score (nSPS) is 14.5. The van der Waals surface area contributed by atoms with Crippen molar-refractivity contribution in [1.29, 1.82) is 5.26 Å². The summed E-state index contributed by atoms with van der Waals surface area (Å²) in [6.07, 6.45) is 4.34. The topological polar surface area (TPSA) is 96.7 Å². The van der Waals surface area contributed by atoms with E-state index in [9.17, 15) is 8.78 Å². The highest BCUT2D eigenvalue weighted by Gasteiger charge is 2.24. The van der Waals surface area contributed by atoms with Gasteiger partial charge in [-0.25, -0.2) is 28.1 Å². The molecule has 0 radical (unpaired) electrons. The third kappa shape index (κ3) is 3.64. The molecule has 0 amide bonds. The Morgan fingerprint density at radius 2 is 1.82 bits per heavy atom. The van der Waals surface area contributed by atoms with Gasteiger partial charge in [-0.3, -0.25) is 0 Å². The molecule has 0 atom stereocenters. The predicted octanol–water partition coefficient (Wildman–Crippen LogP) is 3.91. The van der Waals surface area contributed by atoms with Gasteiger partial charge < -0.3 is 15.2 Å². The lowest BCUT2D eigenvalue weighted by Crippen LogP contribution is -2.40. The lowest BCUT2D eigenvalue weighted by Gasteiger charge is -2.30. The molecule has 0 unspecified atom stereocenters. The summed E-state index contributed by atoms with van der Waals surface area (Å²) in [5.41, 5.74) is 6.80. The second-order valence-corrected chi connectivity index (χ2v) is 8.34. The van der Waals surface area contributed by atoms with Crippen LogP contribution in [0, 0.1) is 28.8 Å². The minimum Gasteiger partial charge on any atom is -0.341 e. The van der Waals surface area contributed by atoms with E-state index < -0.39 is 17.5 Å². The first-order valence-electron chi connectivity index (χ1n) is 10.7. The number of aromatic nitrogens is 4. The summed E-state index contributed by atoms with van der Waals surface area (Å²) in [5, 5.41) is 9.08. The molecule has 172 valence electrons. The molecule has 1 fully saturated rings. The number of hydrogen-bond donors (Lipinski definition) is 1. The maximum atomic E-state index is 15.3. The third-order valence-electron chi connectivity index (χ3n) is 6.14. The van der Waals surface area contributed by atoms with Crippen molar-refractivity contribution in [1.82, 2.24) is 19.5 Å². The van der Waals surface area contributed by atoms with E-state index in [-0.39, 0.29) is 39.5 Å². The Kier molecular flexibility index (Phi) is 5.42. The number of imidazole rings is 1. The van der Waals surface area contributed by atoms with Crippen LogP contribution in [0.15, 0.2) is 36.8 Å². The first-order valence-corrected chi connectivity index (χ1v) is 10.7. The molecule has 10 heteroatoms. The minimum atomic E-state index is -1.08. The van der Waals surface area contributed by atoms with E-state index in [0.717, 1.165) is 18.9 Å². The van der Waals surface area contributed by atoms with E-state index in [1.165, 1.54) is 35.3 Å². The molecule has 0 spiro atoms. The average Bonchev–Trinajstić information content (AvgIpc) is 3.22. The van der Waals surface area contributed by atoms with Gasteiger partial charge in [0, 0.05) is 49.1 Å². The van der Waals surface area contributed by atoms with Gasteiger partial charge in [-0.2, -0.15) is 5.26 Å². The van der Waals surface area contributed by atoms with E-state index >= 15 is 4.39 Å². The van der Waals surface area contributed by atoms with Crippen LogP contribution in [0.5, 0.6) is 0 Å². The molecular formula is C24H20F3N7. The summed E-state index contributed by atoms with van der Waals surface area (Å²) in [6, 6.07) is 7.32. The molecule has 2 aromatic heterocycles. The minimum absolute atomic E-state index is 0.0365. The van der Waals surface area contributed by atoms with Gasteiger partial charge in [-0.15, -0.1) is 0 Å². The first kappa shape index (κ1) is 21.9. The SMILES string of the molecule is Cn1cnc2cc(-c3cnc(N4CCC(N)CC4)nc3-c3ccc(C#N)c(F)c3)c(F)c(F)c21. The average molecular weight is 463 g/mol.